The number of benzene rings is 1. The van der Waals surface area contributed by atoms with Crippen molar-refractivity contribution in [3.63, 3.8) is 0 Å². The van der Waals surface area contributed by atoms with Gasteiger partial charge in [-0.05, 0) is 43.5 Å². The van der Waals surface area contributed by atoms with Crippen LogP contribution in [0.5, 0.6) is 0 Å². The zero-order chi connectivity index (χ0) is 17.3. The van der Waals surface area contributed by atoms with Crippen LogP contribution in [0.3, 0.4) is 0 Å². The van der Waals surface area contributed by atoms with Gasteiger partial charge in [-0.15, -0.1) is 0 Å². The zero-order valence-electron chi connectivity index (χ0n) is 13.7. The first-order valence-electron chi connectivity index (χ1n) is 7.76. The van der Waals surface area contributed by atoms with E-state index in [0.717, 1.165) is 23.4 Å². The van der Waals surface area contributed by atoms with Gasteiger partial charge in [-0.2, -0.15) is 0 Å². The molecule has 2 heterocycles. The SMILES string of the molecule is Cc1cc(C)c(C(N)=O)c(SCC(=O)N2CCc3ccccc32)n1. The summed E-state index contributed by atoms with van der Waals surface area (Å²) in [7, 11) is 0. The Labute approximate surface area is 145 Å². The fourth-order valence-electron chi connectivity index (χ4n) is 3.01. The van der Waals surface area contributed by atoms with Gasteiger partial charge in [0.2, 0.25) is 5.91 Å². The molecule has 1 aliphatic heterocycles. The van der Waals surface area contributed by atoms with Crippen LogP contribution in [0, 0.1) is 13.8 Å². The van der Waals surface area contributed by atoms with E-state index in [9.17, 15) is 9.59 Å². The number of aromatic nitrogens is 1. The molecule has 1 aromatic heterocycles. The average Bonchev–Trinajstić information content (AvgIpc) is 2.95. The summed E-state index contributed by atoms with van der Waals surface area (Å²) in [6, 6.07) is 9.76. The molecule has 0 aliphatic carbocycles. The van der Waals surface area contributed by atoms with Crippen LogP contribution in [0.25, 0.3) is 0 Å². The second kappa shape index (κ2) is 6.65. The van der Waals surface area contributed by atoms with Gasteiger partial charge in [-0.25, -0.2) is 4.98 Å². The summed E-state index contributed by atoms with van der Waals surface area (Å²) < 4.78 is 0. The third kappa shape index (κ3) is 3.14. The van der Waals surface area contributed by atoms with E-state index >= 15 is 0 Å². The Kier molecular flexibility index (Phi) is 4.57. The number of aryl methyl sites for hydroxylation is 2. The van der Waals surface area contributed by atoms with Crippen molar-refractivity contribution in [2.75, 3.05) is 17.2 Å². The molecule has 0 bridgehead atoms. The summed E-state index contributed by atoms with van der Waals surface area (Å²) in [4.78, 5) is 30.5. The predicted molar refractivity (Wildman–Crippen MR) is 95.5 cm³/mol. The number of primary amides is 1. The second-order valence-corrected chi connectivity index (χ2v) is 6.80. The van der Waals surface area contributed by atoms with Gasteiger partial charge in [-0.1, -0.05) is 30.0 Å². The van der Waals surface area contributed by atoms with Crippen molar-refractivity contribution in [1.82, 2.24) is 4.98 Å². The maximum absolute atomic E-state index is 12.6. The molecule has 1 aromatic carbocycles. The number of para-hydroxylation sites is 1. The first-order valence-corrected chi connectivity index (χ1v) is 8.75. The van der Waals surface area contributed by atoms with E-state index in [-0.39, 0.29) is 11.7 Å². The number of thioether (sulfide) groups is 1. The fourth-order valence-corrected chi connectivity index (χ4v) is 4.04. The number of carbonyl (C=O) groups excluding carboxylic acids is 2. The molecule has 1 aliphatic rings. The highest BCUT2D eigenvalue weighted by molar-refractivity contribution is 8.00. The number of hydrogen-bond acceptors (Lipinski definition) is 4. The normalized spacial score (nSPS) is 13.0. The molecule has 0 fully saturated rings. The van der Waals surface area contributed by atoms with Crippen molar-refractivity contribution >= 4 is 29.3 Å². The zero-order valence-corrected chi connectivity index (χ0v) is 14.5. The van der Waals surface area contributed by atoms with Gasteiger partial charge in [0, 0.05) is 17.9 Å². The van der Waals surface area contributed by atoms with Crippen molar-refractivity contribution < 1.29 is 9.59 Å². The van der Waals surface area contributed by atoms with Crippen LogP contribution in [0.2, 0.25) is 0 Å². The molecule has 5 nitrogen and oxygen atoms in total. The summed E-state index contributed by atoms with van der Waals surface area (Å²) in [5.74, 6) is -0.271. The Hall–Kier alpha value is -2.34. The summed E-state index contributed by atoms with van der Waals surface area (Å²) in [6.45, 7) is 4.39. The lowest BCUT2D eigenvalue weighted by molar-refractivity contribution is -0.116. The quantitative estimate of drug-likeness (QED) is 0.867. The summed E-state index contributed by atoms with van der Waals surface area (Å²) in [6.07, 6.45) is 0.876. The number of fused-ring (bicyclic) bond motifs is 1. The number of anilines is 1. The van der Waals surface area contributed by atoms with Crippen molar-refractivity contribution in [3.8, 4) is 0 Å². The number of rotatable bonds is 4. The molecule has 0 atom stereocenters. The number of pyridine rings is 1. The molecule has 0 radical (unpaired) electrons. The highest BCUT2D eigenvalue weighted by atomic mass is 32.2. The molecular weight excluding hydrogens is 322 g/mol. The van der Waals surface area contributed by atoms with Crippen LogP contribution in [0.1, 0.15) is 27.2 Å². The largest absolute Gasteiger partial charge is 0.366 e. The Morgan fingerprint density at radius 2 is 2.04 bits per heavy atom. The predicted octanol–water partition coefficient (Wildman–Crippen LogP) is 2.48. The smallest absolute Gasteiger partial charge is 0.251 e. The van der Waals surface area contributed by atoms with E-state index in [0.29, 0.717) is 17.1 Å². The molecular formula is C18H19N3O2S. The van der Waals surface area contributed by atoms with Crippen molar-refractivity contribution in [1.29, 1.82) is 0 Å². The molecule has 3 rings (SSSR count). The van der Waals surface area contributed by atoms with Gasteiger partial charge in [0.1, 0.15) is 5.03 Å². The standard InChI is InChI=1S/C18H19N3O2S/c1-11-9-12(2)20-18(16(11)17(19)23)24-10-15(22)21-8-7-13-5-3-4-6-14(13)21/h3-6,9H,7-8,10H2,1-2H3,(H2,19,23). The van der Waals surface area contributed by atoms with E-state index in [1.54, 1.807) is 4.90 Å². The van der Waals surface area contributed by atoms with Gasteiger partial charge in [0.25, 0.3) is 5.91 Å². The van der Waals surface area contributed by atoms with Crippen LogP contribution in [0.4, 0.5) is 5.69 Å². The topological polar surface area (TPSA) is 76.3 Å². The van der Waals surface area contributed by atoms with E-state index in [4.69, 9.17) is 5.73 Å². The van der Waals surface area contributed by atoms with E-state index in [1.807, 2.05) is 44.2 Å². The lowest BCUT2D eigenvalue weighted by Crippen LogP contribution is -2.30. The van der Waals surface area contributed by atoms with E-state index < -0.39 is 5.91 Å². The molecule has 0 spiro atoms. The van der Waals surface area contributed by atoms with Gasteiger partial charge < -0.3 is 10.6 Å². The van der Waals surface area contributed by atoms with Crippen molar-refractivity contribution in [2.24, 2.45) is 5.73 Å². The van der Waals surface area contributed by atoms with Crippen LogP contribution >= 0.6 is 11.8 Å². The number of nitrogens with zero attached hydrogens (tertiary/aromatic N) is 2. The maximum Gasteiger partial charge on any atom is 0.251 e. The molecule has 124 valence electrons. The summed E-state index contributed by atoms with van der Waals surface area (Å²) in [5, 5.41) is 0.529. The fraction of sp³-hybridized carbons (Fsp3) is 0.278. The summed E-state index contributed by atoms with van der Waals surface area (Å²) in [5.41, 5.74) is 9.64. The first kappa shape index (κ1) is 16.5. The molecule has 0 unspecified atom stereocenters. The molecule has 2 N–H and O–H groups in total. The molecule has 2 aromatic rings. The van der Waals surface area contributed by atoms with Gasteiger partial charge in [0.05, 0.1) is 11.3 Å². The number of amides is 2. The molecule has 6 heteroatoms. The second-order valence-electron chi connectivity index (χ2n) is 5.84. The van der Waals surface area contributed by atoms with Crippen molar-refractivity contribution in [3.05, 3.63) is 52.7 Å². The first-order chi connectivity index (χ1) is 11.5. The Balaban J connectivity index is 1.77. The molecule has 0 saturated heterocycles. The highest BCUT2D eigenvalue weighted by Crippen LogP contribution is 2.29. The lowest BCUT2D eigenvalue weighted by Gasteiger charge is -2.17. The third-order valence-corrected chi connectivity index (χ3v) is 5.04. The van der Waals surface area contributed by atoms with Crippen LogP contribution in [0.15, 0.2) is 35.4 Å². The van der Waals surface area contributed by atoms with Gasteiger partial charge in [0.15, 0.2) is 0 Å². The molecule has 2 amide bonds. The summed E-state index contributed by atoms with van der Waals surface area (Å²) >= 11 is 1.27. The highest BCUT2D eigenvalue weighted by Gasteiger charge is 2.25. The Morgan fingerprint density at radius 1 is 1.29 bits per heavy atom. The minimum absolute atomic E-state index is 0.0151. The maximum atomic E-state index is 12.6. The number of carbonyl (C=O) groups is 2. The minimum atomic E-state index is -0.513. The average molecular weight is 341 g/mol. The van der Waals surface area contributed by atoms with E-state index in [2.05, 4.69) is 4.98 Å². The van der Waals surface area contributed by atoms with Crippen LogP contribution < -0.4 is 10.6 Å². The third-order valence-electron chi connectivity index (χ3n) is 4.08. The van der Waals surface area contributed by atoms with Crippen LogP contribution in [-0.4, -0.2) is 29.1 Å². The Bertz CT molecular complexity index is 820. The van der Waals surface area contributed by atoms with E-state index in [1.165, 1.54) is 17.3 Å². The molecule has 0 saturated carbocycles. The lowest BCUT2D eigenvalue weighted by atomic mass is 10.1. The Morgan fingerprint density at radius 3 is 2.79 bits per heavy atom. The number of hydrogen-bond donors (Lipinski definition) is 1. The number of nitrogens with two attached hydrogens (primary N) is 1. The van der Waals surface area contributed by atoms with Crippen LogP contribution in [-0.2, 0) is 11.2 Å². The van der Waals surface area contributed by atoms with Gasteiger partial charge in [-0.3, -0.25) is 9.59 Å². The van der Waals surface area contributed by atoms with Crippen molar-refractivity contribution in [2.45, 2.75) is 25.3 Å². The molecule has 24 heavy (non-hydrogen) atoms. The minimum Gasteiger partial charge on any atom is -0.366 e. The van der Waals surface area contributed by atoms with Gasteiger partial charge >= 0.3 is 0 Å². The monoisotopic (exact) mass is 341 g/mol.